The lowest BCUT2D eigenvalue weighted by atomic mass is 10.1. The fraction of sp³-hybridized carbons (Fsp3) is 0.381. The molecule has 0 unspecified atom stereocenters. The molecule has 1 saturated heterocycles. The first-order chi connectivity index (χ1) is 14.0. The number of carbonyl (C=O) groups excluding carboxylic acids is 3. The Kier molecular flexibility index (Phi) is 6.54. The quantitative estimate of drug-likeness (QED) is 0.680. The lowest BCUT2D eigenvalue weighted by molar-refractivity contribution is -0.158. The van der Waals surface area contributed by atoms with Crippen LogP contribution in [0.2, 0.25) is 0 Å². The molecule has 2 amide bonds. The summed E-state index contributed by atoms with van der Waals surface area (Å²) in [5, 5.41) is 2.73. The number of ether oxygens (including phenoxy) is 2. The number of nitrogens with zero attached hydrogens (tertiary/aromatic N) is 1. The number of hydrogen-bond acceptors (Lipinski definition) is 6. The molecule has 2 atom stereocenters. The van der Waals surface area contributed by atoms with Crippen LogP contribution in [0.3, 0.4) is 0 Å². The van der Waals surface area contributed by atoms with E-state index in [0.29, 0.717) is 18.8 Å². The van der Waals surface area contributed by atoms with Crippen LogP contribution in [0.1, 0.15) is 24.7 Å². The highest BCUT2D eigenvalue weighted by molar-refractivity contribution is 5.88. The van der Waals surface area contributed by atoms with Gasteiger partial charge in [-0.1, -0.05) is 12.1 Å². The zero-order valence-electron chi connectivity index (χ0n) is 16.4. The Hall–Kier alpha value is -3.29. The number of rotatable bonds is 8. The molecule has 0 bridgehead atoms. The fourth-order valence-corrected chi connectivity index (χ4v) is 3.07. The van der Waals surface area contributed by atoms with E-state index in [1.165, 1.54) is 13.2 Å². The van der Waals surface area contributed by atoms with Crippen molar-refractivity contribution in [2.75, 3.05) is 13.7 Å². The summed E-state index contributed by atoms with van der Waals surface area (Å²) in [4.78, 5) is 38.3. The third-order valence-corrected chi connectivity index (χ3v) is 4.76. The van der Waals surface area contributed by atoms with Crippen molar-refractivity contribution in [2.24, 2.45) is 5.92 Å². The average Bonchev–Trinajstić information content (AvgIpc) is 3.36. The van der Waals surface area contributed by atoms with Crippen molar-refractivity contribution in [1.29, 1.82) is 0 Å². The molecule has 3 rings (SSSR count). The van der Waals surface area contributed by atoms with Crippen LogP contribution >= 0.6 is 0 Å². The number of benzene rings is 1. The Labute approximate surface area is 168 Å². The van der Waals surface area contributed by atoms with E-state index < -0.39 is 23.9 Å². The van der Waals surface area contributed by atoms with Gasteiger partial charge in [-0.3, -0.25) is 14.4 Å². The molecule has 2 aromatic rings. The second-order valence-electron chi connectivity index (χ2n) is 6.90. The zero-order chi connectivity index (χ0) is 20.8. The molecule has 2 heterocycles. The molecular formula is C21H24N2O6. The van der Waals surface area contributed by atoms with E-state index in [1.54, 1.807) is 36.3 Å². The van der Waals surface area contributed by atoms with Gasteiger partial charge >= 0.3 is 5.97 Å². The predicted molar refractivity (Wildman–Crippen MR) is 103 cm³/mol. The van der Waals surface area contributed by atoms with Gasteiger partial charge in [-0.2, -0.15) is 0 Å². The molecule has 0 spiro atoms. The molecule has 1 fully saturated rings. The minimum absolute atomic E-state index is 0.0692. The molecule has 8 nitrogen and oxygen atoms in total. The molecule has 29 heavy (non-hydrogen) atoms. The Morgan fingerprint density at radius 1 is 1.28 bits per heavy atom. The molecule has 154 valence electrons. The van der Waals surface area contributed by atoms with Gasteiger partial charge in [0.25, 0.3) is 5.91 Å². The lowest BCUT2D eigenvalue weighted by Gasteiger charge is -2.17. The summed E-state index contributed by atoms with van der Waals surface area (Å²) in [6, 6.07) is 10.8. The molecule has 0 saturated carbocycles. The summed E-state index contributed by atoms with van der Waals surface area (Å²) < 4.78 is 15.6. The Morgan fingerprint density at radius 3 is 2.69 bits per heavy atom. The molecular weight excluding hydrogens is 376 g/mol. The van der Waals surface area contributed by atoms with E-state index in [2.05, 4.69) is 5.32 Å². The highest BCUT2D eigenvalue weighted by Crippen LogP contribution is 2.22. The number of likely N-dealkylation sites (tertiary alicyclic amines) is 1. The van der Waals surface area contributed by atoms with Crippen LogP contribution in [-0.2, 0) is 32.2 Å². The summed E-state index contributed by atoms with van der Waals surface area (Å²) in [7, 11) is 1.58. The molecule has 1 N–H and O–H groups in total. The van der Waals surface area contributed by atoms with E-state index >= 15 is 0 Å². The maximum atomic E-state index is 12.4. The summed E-state index contributed by atoms with van der Waals surface area (Å²) in [6.07, 6.45) is 0.656. The highest BCUT2D eigenvalue weighted by Gasteiger charge is 2.36. The van der Waals surface area contributed by atoms with Crippen molar-refractivity contribution in [2.45, 2.75) is 32.5 Å². The van der Waals surface area contributed by atoms with Gasteiger partial charge in [-0.25, -0.2) is 0 Å². The first-order valence-corrected chi connectivity index (χ1v) is 9.37. The number of esters is 1. The van der Waals surface area contributed by atoms with E-state index in [0.717, 1.165) is 11.3 Å². The van der Waals surface area contributed by atoms with Crippen LogP contribution in [0, 0.1) is 5.92 Å². The van der Waals surface area contributed by atoms with Crippen LogP contribution < -0.4 is 10.1 Å². The van der Waals surface area contributed by atoms with Crippen LogP contribution in [0.4, 0.5) is 0 Å². The molecule has 1 aliphatic rings. The molecule has 1 aliphatic heterocycles. The van der Waals surface area contributed by atoms with Crippen molar-refractivity contribution in [3.63, 3.8) is 0 Å². The topological polar surface area (TPSA) is 98.1 Å². The number of amides is 2. The van der Waals surface area contributed by atoms with Gasteiger partial charge in [-0.15, -0.1) is 0 Å². The maximum absolute atomic E-state index is 12.4. The van der Waals surface area contributed by atoms with Crippen LogP contribution in [0.25, 0.3) is 0 Å². The van der Waals surface area contributed by atoms with Gasteiger partial charge in [0.15, 0.2) is 6.10 Å². The SMILES string of the molecule is COc1ccc(CNC(=O)[C@H](C)OC(=O)[C@H]2CC(=O)N(Cc3ccco3)C2)cc1. The molecule has 8 heteroatoms. The van der Waals surface area contributed by atoms with Crippen molar-refractivity contribution >= 4 is 17.8 Å². The first-order valence-electron chi connectivity index (χ1n) is 9.37. The second-order valence-corrected chi connectivity index (χ2v) is 6.90. The van der Waals surface area contributed by atoms with Gasteiger partial charge in [0.1, 0.15) is 11.5 Å². The van der Waals surface area contributed by atoms with Gasteiger partial charge in [0.05, 0.1) is 25.8 Å². The number of methoxy groups -OCH3 is 1. The fourth-order valence-electron chi connectivity index (χ4n) is 3.07. The normalized spacial score (nSPS) is 17.1. The van der Waals surface area contributed by atoms with Gasteiger partial charge in [0, 0.05) is 19.5 Å². The van der Waals surface area contributed by atoms with E-state index in [1.807, 2.05) is 12.1 Å². The summed E-state index contributed by atoms with van der Waals surface area (Å²) in [6.45, 7) is 2.38. The van der Waals surface area contributed by atoms with Crippen LogP contribution in [0.15, 0.2) is 47.1 Å². The smallest absolute Gasteiger partial charge is 0.312 e. The first kappa shape index (κ1) is 20.4. The van der Waals surface area contributed by atoms with E-state index in [4.69, 9.17) is 13.9 Å². The van der Waals surface area contributed by atoms with Gasteiger partial charge in [0.2, 0.25) is 5.91 Å². The number of carbonyl (C=O) groups is 3. The van der Waals surface area contributed by atoms with Crippen molar-refractivity contribution in [3.05, 3.63) is 54.0 Å². The maximum Gasteiger partial charge on any atom is 0.312 e. The minimum atomic E-state index is -0.949. The molecule has 1 aromatic carbocycles. The molecule has 0 radical (unpaired) electrons. The second kappa shape index (κ2) is 9.27. The minimum Gasteiger partial charge on any atom is -0.497 e. The lowest BCUT2D eigenvalue weighted by Crippen LogP contribution is -2.37. The summed E-state index contributed by atoms with van der Waals surface area (Å²) in [5.74, 6) is -0.291. The van der Waals surface area contributed by atoms with Crippen molar-refractivity contribution in [3.8, 4) is 5.75 Å². The van der Waals surface area contributed by atoms with Crippen molar-refractivity contribution < 1.29 is 28.3 Å². The standard InChI is InChI=1S/C21H24N2O6/c1-14(20(25)22-11-15-5-7-17(27-2)8-6-15)29-21(26)16-10-19(24)23(12-16)13-18-4-3-9-28-18/h3-9,14,16H,10-13H2,1-2H3,(H,22,25)/t14-,16-/m0/s1. The van der Waals surface area contributed by atoms with Crippen LogP contribution in [0.5, 0.6) is 5.75 Å². The van der Waals surface area contributed by atoms with E-state index in [9.17, 15) is 14.4 Å². The van der Waals surface area contributed by atoms with Crippen molar-refractivity contribution in [1.82, 2.24) is 10.2 Å². The Morgan fingerprint density at radius 2 is 2.03 bits per heavy atom. The summed E-state index contributed by atoms with van der Waals surface area (Å²) >= 11 is 0. The number of furan rings is 1. The zero-order valence-corrected chi connectivity index (χ0v) is 16.4. The van der Waals surface area contributed by atoms with Crippen LogP contribution in [-0.4, -0.2) is 42.4 Å². The monoisotopic (exact) mass is 400 g/mol. The highest BCUT2D eigenvalue weighted by atomic mass is 16.5. The van der Waals surface area contributed by atoms with Gasteiger partial charge in [-0.05, 0) is 36.8 Å². The molecule has 0 aliphatic carbocycles. The molecule has 1 aromatic heterocycles. The third-order valence-electron chi connectivity index (χ3n) is 4.76. The largest absolute Gasteiger partial charge is 0.497 e. The Bertz CT molecular complexity index is 847. The number of hydrogen-bond donors (Lipinski definition) is 1. The summed E-state index contributed by atoms with van der Waals surface area (Å²) in [5.41, 5.74) is 0.896. The number of nitrogens with one attached hydrogen (secondary N) is 1. The average molecular weight is 400 g/mol. The van der Waals surface area contributed by atoms with Gasteiger partial charge < -0.3 is 24.1 Å². The predicted octanol–water partition coefficient (Wildman–Crippen LogP) is 1.88. The Balaban J connectivity index is 1.45. The van der Waals surface area contributed by atoms with E-state index in [-0.39, 0.29) is 18.9 Å². The third kappa shape index (κ3) is 5.37.